The van der Waals surface area contributed by atoms with Gasteiger partial charge in [-0.1, -0.05) is 13.3 Å². The molecule has 0 amide bonds. The third-order valence-electron chi connectivity index (χ3n) is 4.56. The SMILES string of the molecule is CC(=O)OC[C@@H]1CC[C@]2(C)CCC[C@H](O)[C@H]12. The van der Waals surface area contributed by atoms with Gasteiger partial charge in [0.25, 0.3) is 0 Å². The van der Waals surface area contributed by atoms with Gasteiger partial charge < -0.3 is 9.84 Å². The Morgan fingerprint density at radius 3 is 2.88 bits per heavy atom. The van der Waals surface area contributed by atoms with Crippen molar-refractivity contribution in [3.05, 3.63) is 0 Å². The van der Waals surface area contributed by atoms with E-state index in [2.05, 4.69) is 6.92 Å². The Balaban J connectivity index is 2.03. The minimum Gasteiger partial charge on any atom is -0.466 e. The Labute approximate surface area is 97.2 Å². The fraction of sp³-hybridized carbons (Fsp3) is 0.923. The van der Waals surface area contributed by atoms with Crippen molar-refractivity contribution >= 4 is 5.97 Å². The molecule has 2 fully saturated rings. The van der Waals surface area contributed by atoms with Gasteiger partial charge in [0.2, 0.25) is 0 Å². The first kappa shape index (κ1) is 11.9. The molecule has 3 heteroatoms. The highest BCUT2D eigenvalue weighted by molar-refractivity contribution is 5.65. The van der Waals surface area contributed by atoms with E-state index in [1.165, 1.54) is 19.8 Å². The molecule has 0 unspecified atom stereocenters. The second-order valence-corrected chi connectivity index (χ2v) is 5.74. The molecule has 0 aromatic rings. The van der Waals surface area contributed by atoms with Crippen LogP contribution in [0.5, 0.6) is 0 Å². The molecule has 1 N–H and O–H groups in total. The summed E-state index contributed by atoms with van der Waals surface area (Å²) in [5.41, 5.74) is 0.280. The Bertz CT molecular complexity index is 276. The smallest absolute Gasteiger partial charge is 0.302 e. The maximum atomic E-state index is 10.8. The fourth-order valence-corrected chi connectivity index (χ4v) is 3.81. The number of carbonyl (C=O) groups is 1. The van der Waals surface area contributed by atoms with Crippen molar-refractivity contribution in [2.75, 3.05) is 6.61 Å². The first-order valence-electron chi connectivity index (χ1n) is 6.34. The summed E-state index contributed by atoms with van der Waals surface area (Å²) in [6.07, 6.45) is 5.32. The second-order valence-electron chi connectivity index (χ2n) is 5.74. The predicted octanol–water partition coefficient (Wildman–Crippen LogP) is 2.13. The van der Waals surface area contributed by atoms with Gasteiger partial charge in [0.15, 0.2) is 0 Å². The van der Waals surface area contributed by atoms with Crippen LogP contribution in [0.3, 0.4) is 0 Å². The molecule has 0 spiro atoms. The number of rotatable bonds is 2. The van der Waals surface area contributed by atoms with Crippen LogP contribution in [0.2, 0.25) is 0 Å². The average molecular weight is 226 g/mol. The first-order valence-corrected chi connectivity index (χ1v) is 6.34. The molecule has 0 radical (unpaired) electrons. The Kier molecular flexibility index (Phi) is 3.24. The number of aliphatic hydroxyl groups is 1. The summed E-state index contributed by atoms with van der Waals surface area (Å²) in [4.78, 5) is 10.8. The minimum absolute atomic E-state index is 0.193. The van der Waals surface area contributed by atoms with E-state index in [9.17, 15) is 9.90 Å². The van der Waals surface area contributed by atoms with E-state index < -0.39 is 0 Å². The van der Waals surface area contributed by atoms with Gasteiger partial charge in [-0.25, -0.2) is 0 Å². The van der Waals surface area contributed by atoms with Crippen molar-refractivity contribution < 1.29 is 14.6 Å². The summed E-state index contributed by atoms with van der Waals surface area (Å²) < 4.78 is 5.12. The number of aliphatic hydroxyl groups excluding tert-OH is 1. The standard InChI is InChI=1S/C13H22O3/c1-9(14)16-8-10-5-7-13(2)6-3-4-11(15)12(10)13/h10-12,15H,3-8H2,1-2H3/t10-,11-,12-,13-/m0/s1. The van der Waals surface area contributed by atoms with Gasteiger partial charge in [-0.15, -0.1) is 0 Å². The lowest BCUT2D eigenvalue weighted by molar-refractivity contribution is -0.144. The van der Waals surface area contributed by atoms with Crippen molar-refractivity contribution in [2.45, 2.75) is 52.1 Å². The van der Waals surface area contributed by atoms with Crippen molar-refractivity contribution in [1.82, 2.24) is 0 Å². The molecule has 16 heavy (non-hydrogen) atoms. The molecule has 0 aromatic carbocycles. The van der Waals surface area contributed by atoms with Crippen molar-refractivity contribution in [1.29, 1.82) is 0 Å². The van der Waals surface area contributed by atoms with Gasteiger partial charge >= 0.3 is 5.97 Å². The summed E-state index contributed by atoms with van der Waals surface area (Å²) in [7, 11) is 0. The number of esters is 1. The monoisotopic (exact) mass is 226 g/mol. The number of hydrogen-bond acceptors (Lipinski definition) is 3. The van der Waals surface area contributed by atoms with Crippen LogP contribution in [0.1, 0.15) is 46.0 Å². The maximum Gasteiger partial charge on any atom is 0.302 e. The molecule has 0 aromatic heterocycles. The van der Waals surface area contributed by atoms with Gasteiger partial charge in [0.1, 0.15) is 0 Å². The molecule has 2 aliphatic carbocycles. The zero-order valence-corrected chi connectivity index (χ0v) is 10.2. The maximum absolute atomic E-state index is 10.8. The van der Waals surface area contributed by atoms with Crippen LogP contribution in [0.25, 0.3) is 0 Å². The van der Waals surface area contributed by atoms with Crippen LogP contribution in [-0.4, -0.2) is 23.8 Å². The van der Waals surface area contributed by atoms with Gasteiger partial charge in [-0.3, -0.25) is 4.79 Å². The lowest BCUT2D eigenvalue weighted by atomic mass is 9.66. The topological polar surface area (TPSA) is 46.5 Å². The second kappa shape index (κ2) is 4.36. The van der Waals surface area contributed by atoms with Crippen LogP contribution < -0.4 is 0 Å². The Morgan fingerprint density at radius 2 is 2.19 bits per heavy atom. The minimum atomic E-state index is -0.209. The van der Waals surface area contributed by atoms with E-state index in [0.717, 1.165) is 19.3 Å². The molecule has 2 rings (SSSR count). The summed E-state index contributed by atoms with van der Waals surface area (Å²) in [6, 6.07) is 0. The van der Waals surface area contributed by atoms with Crippen LogP contribution in [0.4, 0.5) is 0 Å². The van der Waals surface area contributed by atoms with Gasteiger partial charge in [-0.05, 0) is 42.9 Å². The summed E-state index contributed by atoms with van der Waals surface area (Å²) in [5.74, 6) is 0.490. The van der Waals surface area contributed by atoms with E-state index in [0.29, 0.717) is 18.4 Å². The van der Waals surface area contributed by atoms with Crippen LogP contribution >= 0.6 is 0 Å². The van der Waals surface area contributed by atoms with Crippen LogP contribution in [-0.2, 0) is 9.53 Å². The lowest BCUT2D eigenvalue weighted by Crippen LogP contribution is -2.40. The summed E-state index contributed by atoms with van der Waals surface area (Å²) >= 11 is 0. The van der Waals surface area contributed by atoms with E-state index in [1.54, 1.807) is 0 Å². The predicted molar refractivity (Wildman–Crippen MR) is 60.8 cm³/mol. The van der Waals surface area contributed by atoms with E-state index in [4.69, 9.17) is 4.74 Å². The summed E-state index contributed by atoms with van der Waals surface area (Å²) in [6.45, 7) is 4.23. The number of ether oxygens (including phenoxy) is 1. The van der Waals surface area contributed by atoms with Crippen molar-refractivity contribution in [3.8, 4) is 0 Å². The van der Waals surface area contributed by atoms with E-state index in [-0.39, 0.29) is 17.5 Å². The molecule has 92 valence electrons. The zero-order valence-electron chi connectivity index (χ0n) is 10.2. The van der Waals surface area contributed by atoms with Crippen LogP contribution in [0.15, 0.2) is 0 Å². The number of hydrogen-bond donors (Lipinski definition) is 1. The highest BCUT2D eigenvalue weighted by atomic mass is 16.5. The van der Waals surface area contributed by atoms with E-state index in [1.807, 2.05) is 0 Å². The highest BCUT2D eigenvalue weighted by Gasteiger charge is 2.50. The molecule has 2 saturated carbocycles. The third kappa shape index (κ3) is 2.10. The number of fused-ring (bicyclic) bond motifs is 1. The average Bonchev–Trinajstić information content (AvgIpc) is 2.53. The molecule has 0 aliphatic heterocycles. The van der Waals surface area contributed by atoms with Gasteiger partial charge in [0.05, 0.1) is 12.7 Å². The molecule has 4 atom stereocenters. The largest absolute Gasteiger partial charge is 0.466 e. The lowest BCUT2D eigenvalue weighted by Gasteiger charge is -2.41. The molecule has 3 nitrogen and oxygen atoms in total. The quantitative estimate of drug-likeness (QED) is 0.734. The van der Waals surface area contributed by atoms with Gasteiger partial charge in [-0.2, -0.15) is 0 Å². The van der Waals surface area contributed by atoms with Crippen molar-refractivity contribution in [3.63, 3.8) is 0 Å². The molecule has 0 heterocycles. The molecule has 0 bridgehead atoms. The number of carbonyl (C=O) groups excluding carboxylic acids is 1. The molecular formula is C13H22O3. The summed E-state index contributed by atoms with van der Waals surface area (Å²) in [5, 5.41) is 10.1. The third-order valence-corrected chi connectivity index (χ3v) is 4.56. The Hall–Kier alpha value is -0.570. The highest BCUT2D eigenvalue weighted by Crippen LogP contribution is 2.54. The molecular weight excluding hydrogens is 204 g/mol. The molecule has 2 aliphatic rings. The zero-order chi connectivity index (χ0) is 11.8. The Morgan fingerprint density at radius 1 is 1.44 bits per heavy atom. The first-order chi connectivity index (χ1) is 7.53. The van der Waals surface area contributed by atoms with E-state index >= 15 is 0 Å². The fourth-order valence-electron chi connectivity index (χ4n) is 3.81. The normalized spacial score (nSPS) is 42.8. The van der Waals surface area contributed by atoms with Crippen molar-refractivity contribution in [2.24, 2.45) is 17.3 Å². The van der Waals surface area contributed by atoms with Crippen LogP contribution in [0, 0.1) is 17.3 Å². The van der Waals surface area contributed by atoms with Gasteiger partial charge in [0, 0.05) is 6.92 Å². The molecule has 0 saturated heterocycles.